The standard InChI is InChI=1S/C12H10BrFN2O3S2/c1-7(17)15-8-2-3-9(14)10(6-8)16-21(18,19)12-5-4-11(13)20-12/h2-6,16H,1H3,(H,15,17). The zero-order chi connectivity index (χ0) is 15.6. The first kappa shape index (κ1) is 15.9. The fourth-order valence-electron chi connectivity index (χ4n) is 1.52. The number of benzene rings is 1. The summed E-state index contributed by atoms with van der Waals surface area (Å²) >= 11 is 4.18. The molecule has 1 amide bonds. The summed E-state index contributed by atoms with van der Waals surface area (Å²) in [6.07, 6.45) is 0. The Kier molecular flexibility index (Phi) is 4.64. The third kappa shape index (κ3) is 4.02. The summed E-state index contributed by atoms with van der Waals surface area (Å²) in [4.78, 5) is 11.0. The van der Waals surface area contributed by atoms with Gasteiger partial charge < -0.3 is 5.32 Å². The number of anilines is 2. The van der Waals surface area contributed by atoms with E-state index in [9.17, 15) is 17.6 Å². The molecule has 0 radical (unpaired) electrons. The maximum absolute atomic E-state index is 13.7. The molecule has 2 aromatic rings. The van der Waals surface area contributed by atoms with Gasteiger partial charge in [0.15, 0.2) is 0 Å². The highest BCUT2D eigenvalue weighted by atomic mass is 79.9. The predicted molar refractivity (Wildman–Crippen MR) is 83.5 cm³/mol. The van der Waals surface area contributed by atoms with E-state index in [0.717, 1.165) is 17.4 Å². The summed E-state index contributed by atoms with van der Waals surface area (Å²) in [6, 6.07) is 6.64. The number of sulfonamides is 1. The first-order valence-corrected chi connectivity index (χ1v) is 8.72. The lowest BCUT2D eigenvalue weighted by molar-refractivity contribution is -0.114. The van der Waals surface area contributed by atoms with Crippen LogP contribution in [0.2, 0.25) is 0 Å². The van der Waals surface area contributed by atoms with Gasteiger partial charge in [0, 0.05) is 12.6 Å². The average molecular weight is 393 g/mol. The summed E-state index contributed by atoms with van der Waals surface area (Å²) in [5.41, 5.74) is 0.0692. The molecular weight excluding hydrogens is 383 g/mol. The molecule has 21 heavy (non-hydrogen) atoms. The Hall–Kier alpha value is -1.45. The van der Waals surface area contributed by atoms with Gasteiger partial charge >= 0.3 is 0 Å². The van der Waals surface area contributed by atoms with Gasteiger partial charge in [-0.25, -0.2) is 12.8 Å². The second-order valence-electron chi connectivity index (χ2n) is 4.04. The number of thiophene rings is 1. The van der Waals surface area contributed by atoms with Crippen LogP contribution in [0.4, 0.5) is 15.8 Å². The fourth-order valence-corrected chi connectivity index (χ4v) is 4.59. The van der Waals surface area contributed by atoms with Crippen LogP contribution in [-0.4, -0.2) is 14.3 Å². The lowest BCUT2D eigenvalue weighted by Crippen LogP contribution is -2.13. The molecule has 0 bridgehead atoms. The van der Waals surface area contributed by atoms with Crippen molar-refractivity contribution in [3.8, 4) is 0 Å². The zero-order valence-corrected chi connectivity index (χ0v) is 13.9. The Morgan fingerprint density at radius 2 is 2.00 bits per heavy atom. The molecule has 0 aliphatic heterocycles. The van der Waals surface area contributed by atoms with Crippen LogP contribution >= 0.6 is 27.3 Å². The molecule has 0 fully saturated rings. The minimum Gasteiger partial charge on any atom is -0.326 e. The summed E-state index contributed by atoms with van der Waals surface area (Å²) in [5.74, 6) is -1.07. The number of hydrogen-bond donors (Lipinski definition) is 2. The number of nitrogens with one attached hydrogen (secondary N) is 2. The van der Waals surface area contributed by atoms with E-state index >= 15 is 0 Å². The third-order valence-corrected chi connectivity index (χ3v) is 5.83. The first-order chi connectivity index (χ1) is 9.78. The molecule has 9 heteroatoms. The average Bonchev–Trinajstić information content (AvgIpc) is 2.80. The highest BCUT2D eigenvalue weighted by molar-refractivity contribution is 9.11. The molecule has 2 rings (SSSR count). The van der Waals surface area contributed by atoms with Crippen LogP contribution in [-0.2, 0) is 14.8 Å². The van der Waals surface area contributed by atoms with Crippen molar-refractivity contribution in [3.63, 3.8) is 0 Å². The van der Waals surface area contributed by atoms with Gasteiger partial charge in [-0.3, -0.25) is 9.52 Å². The predicted octanol–water partition coefficient (Wildman–Crippen LogP) is 3.41. The largest absolute Gasteiger partial charge is 0.326 e. The van der Waals surface area contributed by atoms with E-state index in [4.69, 9.17) is 0 Å². The molecule has 0 saturated heterocycles. The van der Waals surface area contributed by atoms with Gasteiger partial charge in [-0.15, -0.1) is 11.3 Å². The van der Waals surface area contributed by atoms with Crippen LogP contribution in [0.5, 0.6) is 0 Å². The van der Waals surface area contributed by atoms with Crippen molar-refractivity contribution in [1.29, 1.82) is 0 Å². The quantitative estimate of drug-likeness (QED) is 0.836. The molecule has 112 valence electrons. The monoisotopic (exact) mass is 392 g/mol. The Labute approximate surface area is 133 Å². The maximum atomic E-state index is 13.7. The van der Waals surface area contributed by atoms with Crippen LogP contribution in [0.3, 0.4) is 0 Å². The van der Waals surface area contributed by atoms with Gasteiger partial charge in [0.25, 0.3) is 10.0 Å². The van der Waals surface area contributed by atoms with Gasteiger partial charge in [0.05, 0.1) is 9.47 Å². The fraction of sp³-hybridized carbons (Fsp3) is 0.0833. The Morgan fingerprint density at radius 3 is 2.57 bits per heavy atom. The van der Waals surface area contributed by atoms with E-state index in [1.54, 1.807) is 6.07 Å². The molecule has 2 N–H and O–H groups in total. The SMILES string of the molecule is CC(=O)Nc1ccc(F)c(NS(=O)(=O)c2ccc(Br)s2)c1. The van der Waals surface area contributed by atoms with E-state index in [1.807, 2.05) is 0 Å². The number of carbonyl (C=O) groups is 1. The molecule has 0 aliphatic carbocycles. The van der Waals surface area contributed by atoms with Gasteiger partial charge in [-0.2, -0.15) is 0 Å². The molecule has 1 aromatic heterocycles. The Morgan fingerprint density at radius 1 is 1.29 bits per heavy atom. The summed E-state index contributed by atoms with van der Waals surface area (Å²) in [6.45, 7) is 1.30. The number of carbonyl (C=O) groups excluding carboxylic acids is 1. The lowest BCUT2D eigenvalue weighted by atomic mass is 10.2. The highest BCUT2D eigenvalue weighted by Crippen LogP contribution is 2.29. The second kappa shape index (κ2) is 6.12. The van der Waals surface area contributed by atoms with E-state index in [1.165, 1.54) is 25.1 Å². The number of amides is 1. The van der Waals surface area contributed by atoms with Crippen molar-refractivity contribution in [2.24, 2.45) is 0 Å². The van der Waals surface area contributed by atoms with Crippen LogP contribution in [0.15, 0.2) is 38.3 Å². The van der Waals surface area contributed by atoms with Gasteiger partial charge in [0.1, 0.15) is 10.0 Å². The molecule has 0 spiro atoms. The summed E-state index contributed by atoms with van der Waals surface area (Å²) in [7, 11) is -3.87. The minimum atomic E-state index is -3.87. The summed E-state index contributed by atoms with van der Waals surface area (Å²) in [5, 5.41) is 2.46. The van der Waals surface area contributed by atoms with Crippen LogP contribution < -0.4 is 10.0 Å². The Bertz CT molecular complexity index is 790. The van der Waals surface area contributed by atoms with E-state index < -0.39 is 15.8 Å². The first-order valence-electron chi connectivity index (χ1n) is 5.63. The van der Waals surface area contributed by atoms with Gasteiger partial charge in [-0.05, 0) is 46.3 Å². The lowest BCUT2D eigenvalue weighted by Gasteiger charge is -2.09. The molecule has 0 saturated carbocycles. The van der Waals surface area contributed by atoms with Gasteiger partial charge in [-0.1, -0.05) is 0 Å². The van der Waals surface area contributed by atoms with Crippen LogP contribution in [0, 0.1) is 5.82 Å². The number of halogens is 2. The number of rotatable bonds is 4. The molecule has 0 atom stereocenters. The number of hydrogen-bond acceptors (Lipinski definition) is 4. The molecule has 5 nitrogen and oxygen atoms in total. The summed E-state index contributed by atoms with van der Waals surface area (Å²) < 4.78 is 40.8. The van der Waals surface area contributed by atoms with Crippen molar-refractivity contribution in [3.05, 3.63) is 39.9 Å². The van der Waals surface area contributed by atoms with E-state index in [-0.39, 0.29) is 15.8 Å². The van der Waals surface area contributed by atoms with Crippen LogP contribution in [0.25, 0.3) is 0 Å². The van der Waals surface area contributed by atoms with Crippen molar-refractivity contribution < 1.29 is 17.6 Å². The van der Waals surface area contributed by atoms with E-state index in [0.29, 0.717) is 9.47 Å². The topological polar surface area (TPSA) is 75.3 Å². The van der Waals surface area contributed by atoms with Crippen molar-refractivity contribution in [1.82, 2.24) is 0 Å². The molecule has 1 aromatic carbocycles. The van der Waals surface area contributed by atoms with Crippen molar-refractivity contribution >= 4 is 54.6 Å². The molecule has 1 heterocycles. The second-order valence-corrected chi connectivity index (χ2v) is 8.41. The zero-order valence-electron chi connectivity index (χ0n) is 10.7. The smallest absolute Gasteiger partial charge is 0.271 e. The highest BCUT2D eigenvalue weighted by Gasteiger charge is 2.18. The third-order valence-electron chi connectivity index (χ3n) is 2.34. The van der Waals surface area contributed by atoms with Crippen molar-refractivity contribution in [2.75, 3.05) is 10.0 Å². The van der Waals surface area contributed by atoms with E-state index in [2.05, 4.69) is 26.0 Å². The molecule has 0 unspecified atom stereocenters. The normalized spacial score (nSPS) is 11.2. The van der Waals surface area contributed by atoms with Crippen molar-refractivity contribution in [2.45, 2.75) is 11.1 Å². The van der Waals surface area contributed by atoms with Gasteiger partial charge in [0.2, 0.25) is 5.91 Å². The Balaban J connectivity index is 2.32. The minimum absolute atomic E-state index is 0.0544. The van der Waals surface area contributed by atoms with Crippen LogP contribution in [0.1, 0.15) is 6.92 Å². The maximum Gasteiger partial charge on any atom is 0.271 e. The molecule has 0 aliphatic rings. The molecular formula is C12H10BrFN2O3S2.